The van der Waals surface area contributed by atoms with E-state index in [0.29, 0.717) is 33.9 Å². The van der Waals surface area contributed by atoms with Crippen LogP contribution < -0.4 is 0 Å². The molecule has 0 amide bonds. The Balaban J connectivity index is 1.63. The lowest BCUT2D eigenvalue weighted by atomic mass is 10.2. The molecule has 4 aromatic heterocycles. The van der Waals surface area contributed by atoms with Gasteiger partial charge < -0.3 is 9.67 Å². The van der Waals surface area contributed by atoms with Crippen LogP contribution in [0.15, 0.2) is 48.9 Å². The average molecular weight is 406 g/mol. The van der Waals surface area contributed by atoms with Crippen LogP contribution in [-0.2, 0) is 13.2 Å². The molecule has 7 nitrogen and oxygen atoms in total. The summed E-state index contributed by atoms with van der Waals surface area (Å²) in [6, 6.07) is 7.17. The van der Waals surface area contributed by atoms with E-state index in [-0.39, 0.29) is 13.2 Å². The second-order valence-electron chi connectivity index (χ2n) is 6.97. The molecule has 5 rings (SSSR count). The number of aromatic nitrogens is 6. The number of aliphatic hydroxyl groups is 1. The predicted octanol–water partition coefficient (Wildman–Crippen LogP) is 3.29. The summed E-state index contributed by atoms with van der Waals surface area (Å²) in [6.45, 7) is 1.87. The molecule has 0 aliphatic carbocycles. The van der Waals surface area contributed by atoms with Crippen LogP contribution in [0.25, 0.3) is 28.0 Å². The zero-order valence-electron chi connectivity index (χ0n) is 15.9. The van der Waals surface area contributed by atoms with Gasteiger partial charge in [-0.3, -0.25) is 9.55 Å². The van der Waals surface area contributed by atoms with Gasteiger partial charge in [0.2, 0.25) is 0 Å². The van der Waals surface area contributed by atoms with Crippen molar-refractivity contribution in [3.05, 3.63) is 77.6 Å². The van der Waals surface area contributed by atoms with Crippen molar-refractivity contribution in [1.29, 1.82) is 0 Å². The Morgan fingerprint density at radius 3 is 2.57 bits per heavy atom. The summed E-state index contributed by atoms with van der Waals surface area (Å²) in [5.41, 5.74) is 4.23. The number of aryl methyl sites for hydroxylation is 1. The molecule has 150 valence electrons. The molecule has 4 heterocycles. The summed E-state index contributed by atoms with van der Waals surface area (Å²) in [5.74, 6) is -0.565. The van der Waals surface area contributed by atoms with E-state index in [0.717, 1.165) is 17.3 Å². The molecule has 0 unspecified atom stereocenters. The largest absolute Gasteiger partial charge is 0.390 e. The minimum atomic E-state index is -0.622. The molecular formula is C21H16F2N6O. The highest BCUT2D eigenvalue weighted by molar-refractivity contribution is 5.78. The number of imidazole rings is 1. The monoisotopic (exact) mass is 406 g/mol. The van der Waals surface area contributed by atoms with Gasteiger partial charge in [0.05, 0.1) is 35.9 Å². The number of aliphatic hydroxyl groups excluding tert-OH is 1. The fraction of sp³-hybridized carbons (Fsp3) is 0.143. The third kappa shape index (κ3) is 3.09. The molecule has 0 aliphatic rings. The summed E-state index contributed by atoms with van der Waals surface area (Å²) in [5, 5.41) is 9.37. The Kier molecular flexibility index (Phi) is 4.25. The van der Waals surface area contributed by atoms with Crippen molar-refractivity contribution in [2.45, 2.75) is 20.1 Å². The molecule has 1 aromatic carbocycles. The van der Waals surface area contributed by atoms with Crippen LogP contribution in [0, 0.1) is 18.6 Å². The fourth-order valence-corrected chi connectivity index (χ4v) is 3.54. The molecule has 0 atom stereocenters. The Hall–Kier alpha value is -3.72. The zero-order valence-corrected chi connectivity index (χ0v) is 15.9. The second kappa shape index (κ2) is 6.96. The molecule has 0 spiro atoms. The van der Waals surface area contributed by atoms with Crippen LogP contribution in [0.4, 0.5) is 8.78 Å². The fourth-order valence-electron chi connectivity index (χ4n) is 3.54. The summed E-state index contributed by atoms with van der Waals surface area (Å²) in [4.78, 5) is 17.7. The van der Waals surface area contributed by atoms with E-state index in [2.05, 4.69) is 19.9 Å². The minimum absolute atomic E-state index is 0.207. The number of rotatable bonds is 4. The Labute approximate surface area is 169 Å². The first kappa shape index (κ1) is 18.3. The molecule has 0 radical (unpaired) electrons. The Morgan fingerprint density at radius 1 is 1.00 bits per heavy atom. The molecular weight excluding hydrogens is 390 g/mol. The van der Waals surface area contributed by atoms with Crippen molar-refractivity contribution in [2.24, 2.45) is 0 Å². The maximum atomic E-state index is 13.6. The molecule has 5 aromatic rings. The van der Waals surface area contributed by atoms with Crippen LogP contribution in [0.1, 0.15) is 17.1 Å². The van der Waals surface area contributed by atoms with Gasteiger partial charge in [-0.25, -0.2) is 23.7 Å². The maximum absolute atomic E-state index is 13.6. The van der Waals surface area contributed by atoms with Gasteiger partial charge in [-0.2, -0.15) is 0 Å². The number of halogens is 2. The molecule has 9 heteroatoms. The van der Waals surface area contributed by atoms with Crippen LogP contribution in [0.5, 0.6) is 0 Å². The topological polar surface area (TPSA) is 81.7 Å². The third-order valence-corrected chi connectivity index (χ3v) is 4.93. The predicted molar refractivity (Wildman–Crippen MR) is 106 cm³/mol. The minimum Gasteiger partial charge on any atom is -0.390 e. The molecule has 30 heavy (non-hydrogen) atoms. The van der Waals surface area contributed by atoms with Crippen molar-refractivity contribution < 1.29 is 13.9 Å². The maximum Gasteiger partial charge on any atom is 0.178 e. The molecule has 0 fully saturated rings. The highest BCUT2D eigenvalue weighted by Crippen LogP contribution is 2.23. The number of benzene rings is 1. The standard InChI is InChI=1S/C21H16F2N6O/c1-12-26-20-19(29(12)10-13-4-14(22)6-15(23)5-13)7-17(9-25-20)28-3-2-18-21(28)27-16(11-30)8-24-18/h2-9,30H,10-11H2,1H3. The lowest BCUT2D eigenvalue weighted by molar-refractivity contribution is 0.276. The Morgan fingerprint density at radius 2 is 1.80 bits per heavy atom. The first-order valence-electron chi connectivity index (χ1n) is 9.24. The number of hydrogen-bond acceptors (Lipinski definition) is 5. The third-order valence-electron chi connectivity index (χ3n) is 4.93. The zero-order chi connectivity index (χ0) is 20.8. The van der Waals surface area contributed by atoms with Gasteiger partial charge in [0.1, 0.15) is 23.0 Å². The molecule has 1 N–H and O–H groups in total. The molecule has 0 aliphatic heterocycles. The van der Waals surface area contributed by atoms with Gasteiger partial charge in [-0.15, -0.1) is 0 Å². The number of pyridine rings is 1. The molecule has 0 saturated carbocycles. The van der Waals surface area contributed by atoms with E-state index in [1.165, 1.54) is 18.3 Å². The lowest BCUT2D eigenvalue weighted by Gasteiger charge is -2.09. The summed E-state index contributed by atoms with van der Waals surface area (Å²) in [6.07, 6.45) is 5.03. The number of nitrogens with zero attached hydrogens (tertiary/aromatic N) is 6. The molecule has 0 saturated heterocycles. The van der Waals surface area contributed by atoms with E-state index >= 15 is 0 Å². The van der Waals surface area contributed by atoms with E-state index in [1.54, 1.807) is 6.20 Å². The van der Waals surface area contributed by atoms with Gasteiger partial charge in [0, 0.05) is 18.8 Å². The number of fused-ring (bicyclic) bond motifs is 2. The summed E-state index contributed by atoms with van der Waals surface area (Å²) < 4.78 is 30.9. The van der Waals surface area contributed by atoms with Crippen molar-refractivity contribution in [2.75, 3.05) is 0 Å². The lowest BCUT2D eigenvalue weighted by Crippen LogP contribution is -2.04. The highest BCUT2D eigenvalue weighted by Gasteiger charge is 2.14. The smallest absolute Gasteiger partial charge is 0.178 e. The molecule has 0 bridgehead atoms. The average Bonchev–Trinajstić information content (AvgIpc) is 3.27. The summed E-state index contributed by atoms with van der Waals surface area (Å²) >= 11 is 0. The van der Waals surface area contributed by atoms with Crippen molar-refractivity contribution >= 4 is 22.3 Å². The van der Waals surface area contributed by atoms with Crippen molar-refractivity contribution in [3.63, 3.8) is 0 Å². The van der Waals surface area contributed by atoms with Crippen molar-refractivity contribution in [3.8, 4) is 5.69 Å². The van der Waals surface area contributed by atoms with Crippen LogP contribution in [0.3, 0.4) is 0 Å². The van der Waals surface area contributed by atoms with E-state index in [4.69, 9.17) is 0 Å². The second-order valence-corrected chi connectivity index (χ2v) is 6.97. The first-order chi connectivity index (χ1) is 14.5. The van der Waals surface area contributed by atoms with Crippen LogP contribution >= 0.6 is 0 Å². The summed E-state index contributed by atoms with van der Waals surface area (Å²) in [7, 11) is 0. The van der Waals surface area contributed by atoms with Gasteiger partial charge in [-0.1, -0.05) is 0 Å². The first-order valence-corrected chi connectivity index (χ1v) is 9.24. The SMILES string of the molecule is Cc1nc2ncc(-n3ccc4ncc(CO)nc43)cc2n1Cc1cc(F)cc(F)c1. The van der Waals surface area contributed by atoms with Crippen LogP contribution in [0.2, 0.25) is 0 Å². The van der Waals surface area contributed by atoms with Gasteiger partial charge in [0.15, 0.2) is 11.3 Å². The van der Waals surface area contributed by atoms with Gasteiger partial charge in [-0.05, 0) is 36.8 Å². The van der Waals surface area contributed by atoms with Crippen LogP contribution in [-0.4, -0.2) is 34.2 Å². The normalized spacial score (nSPS) is 11.6. The Bertz CT molecular complexity index is 1390. The van der Waals surface area contributed by atoms with E-state index < -0.39 is 11.6 Å². The highest BCUT2D eigenvalue weighted by atomic mass is 19.1. The van der Waals surface area contributed by atoms with Crippen molar-refractivity contribution in [1.82, 2.24) is 29.1 Å². The van der Waals surface area contributed by atoms with E-state index in [9.17, 15) is 13.9 Å². The van der Waals surface area contributed by atoms with Gasteiger partial charge in [0.25, 0.3) is 0 Å². The quantitative estimate of drug-likeness (QED) is 0.495. The number of hydrogen-bond donors (Lipinski definition) is 1. The van der Waals surface area contributed by atoms with Gasteiger partial charge >= 0.3 is 0 Å². The van der Waals surface area contributed by atoms with E-state index in [1.807, 2.05) is 34.4 Å².